The molecule has 1 atom stereocenters. The van der Waals surface area contributed by atoms with Crippen molar-refractivity contribution >= 4 is 11.9 Å². The Morgan fingerprint density at radius 3 is 2.26 bits per heavy atom. The zero-order chi connectivity index (χ0) is 17.0. The minimum absolute atomic E-state index is 0.0469. The fourth-order valence-corrected chi connectivity index (χ4v) is 2.17. The highest BCUT2D eigenvalue weighted by atomic mass is 16.4. The van der Waals surface area contributed by atoms with E-state index in [9.17, 15) is 24.9 Å². The van der Waals surface area contributed by atoms with Gasteiger partial charge in [0.1, 0.15) is 5.54 Å². The number of aliphatic carboxylic acids is 1. The maximum absolute atomic E-state index is 12.2. The maximum atomic E-state index is 12.2. The van der Waals surface area contributed by atoms with Gasteiger partial charge in [0.15, 0.2) is 11.5 Å². The normalized spacial score (nSPS) is 13.1. The summed E-state index contributed by atoms with van der Waals surface area (Å²) in [5, 5.41) is 30.8. The highest BCUT2D eigenvalue weighted by Gasteiger charge is 2.35. The summed E-state index contributed by atoms with van der Waals surface area (Å²) in [4.78, 5) is 23.8. The zero-order valence-electron chi connectivity index (χ0n) is 12.5. The number of amides is 1. The molecule has 0 bridgehead atoms. The summed E-state index contributed by atoms with van der Waals surface area (Å²) in [6, 6.07) is 12.3. The highest BCUT2D eigenvalue weighted by Crippen LogP contribution is 2.27. The van der Waals surface area contributed by atoms with Crippen LogP contribution in [0.4, 0.5) is 0 Å². The molecule has 6 heteroatoms. The van der Waals surface area contributed by atoms with Gasteiger partial charge >= 0.3 is 5.97 Å². The van der Waals surface area contributed by atoms with E-state index in [1.165, 1.54) is 25.1 Å². The molecular weight excluding hydrogens is 298 g/mol. The highest BCUT2D eigenvalue weighted by molar-refractivity contribution is 5.97. The number of carbonyl (C=O) groups is 2. The molecule has 120 valence electrons. The number of benzene rings is 2. The summed E-state index contributed by atoms with van der Waals surface area (Å²) in [7, 11) is 0. The third kappa shape index (κ3) is 3.79. The summed E-state index contributed by atoms with van der Waals surface area (Å²) < 4.78 is 0. The van der Waals surface area contributed by atoms with Gasteiger partial charge in [-0.15, -0.1) is 0 Å². The van der Waals surface area contributed by atoms with Crippen molar-refractivity contribution in [2.75, 3.05) is 0 Å². The molecule has 2 aromatic rings. The molecule has 2 aromatic carbocycles. The Bertz CT molecular complexity index is 729. The Morgan fingerprint density at radius 2 is 1.70 bits per heavy atom. The van der Waals surface area contributed by atoms with Crippen LogP contribution >= 0.6 is 0 Å². The van der Waals surface area contributed by atoms with Crippen molar-refractivity contribution in [2.45, 2.75) is 18.9 Å². The summed E-state index contributed by atoms with van der Waals surface area (Å²) in [6.07, 6.45) is -0.0469. The van der Waals surface area contributed by atoms with Gasteiger partial charge in [-0.25, -0.2) is 4.79 Å². The van der Waals surface area contributed by atoms with Crippen molar-refractivity contribution in [3.05, 3.63) is 59.7 Å². The molecule has 0 saturated carbocycles. The average molecular weight is 315 g/mol. The molecule has 4 N–H and O–H groups in total. The smallest absolute Gasteiger partial charge is 0.329 e. The molecule has 0 saturated heterocycles. The number of hydrogen-bond donors (Lipinski definition) is 4. The Labute approximate surface area is 133 Å². The van der Waals surface area contributed by atoms with Crippen LogP contribution in [-0.4, -0.2) is 32.7 Å². The number of hydrogen-bond acceptors (Lipinski definition) is 4. The number of rotatable bonds is 5. The standard InChI is InChI=1S/C17H17NO5/c1-17(16(22)23,10-11-7-8-13(19)14(20)9-11)18-15(21)12-5-3-2-4-6-12/h2-9,19-20H,10H2,1H3,(H,18,21)(H,22,23). The van der Waals surface area contributed by atoms with Gasteiger partial charge in [0.25, 0.3) is 5.91 Å². The number of aromatic hydroxyl groups is 2. The third-order valence-electron chi connectivity index (χ3n) is 3.49. The van der Waals surface area contributed by atoms with Crippen LogP contribution in [0.1, 0.15) is 22.8 Å². The van der Waals surface area contributed by atoms with Crippen LogP contribution in [0.5, 0.6) is 11.5 Å². The molecule has 0 aliphatic carbocycles. The molecule has 0 radical (unpaired) electrons. The van der Waals surface area contributed by atoms with Crippen molar-refractivity contribution in [3.8, 4) is 11.5 Å². The number of nitrogens with one attached hydrogen (secondary N) is 1. The number of phenolic OH excluding ortho intramolecular Hbond substituents is 2. The minimum atomic E-state index is -1.56. The quantitative estimate of drug-likeness (QED) is 0.631. The Balaban J connectivity index is 2.23. The van der Waals surface area contributed by atoms with Gasteiger partial charge in [-0.3, -0.25) is 4.79 Å². The van der Waals surface area contributed by atoms with Crippen molar-refractivity contribution in [1.82, 2.24) is 5.32 Å². The lowest BCUT2D eigenvalue weighted by Gasteiger charge is -2.26. The molecule has 0 spiro atoms. The van der Waals surface area contributed by atoms with E-state index in [2.05, 4.69) is 5.32 Å². The van der Waals surface area contributed by atoms with Gasteiger partial charge in [-0.2, -0.15) is 0 Å². The van der Waals surface area contributed by atoms with Gasteiger partial charge in [0, 0.05) is 12.0 Å². The van der Waals surface area contributed by atoms with Crippen LogP contribution in [0, 0.1) is 0 Å². The molecule has 0 aromatic heterocycles. The van der Waals surface area contributed by atoms with E-state index in [4.69, 9.17) is 0 Å². The first-order valence-electron chi connectivity index (χ1n) is 6.93. The van der Waals surface area contributed by atoms with Crippen LogP contribution in [0.2, 0.25) is 0 Å². The monoisotopic (exact) mass is 315 g/mol. The second kappa shape index (κ2) is 6.39. The number of carboxylic acids is 1. The second-order valence-electron chi connectivity index (χ2n) is 5.46. The minimum Gasteiger partial charge on any atom is -0.504 e. The van der Waals surface area contributed by atoms with E-state index >= 15 is 0 Å². The summed E-state index contributed by atoms with van der Waals surface area (Å²) in [6.45, 7) is 1.39. The van der Waals surface area contributed by atoms with Crippen LogP contribution < -0.4 is 5.32 Å². The third-order valence-corrected chi connectivity index (χ3v) is 3.49. The molecule has 6 nitrogen and oxygen atoms in total. The van der Waals surface area contributed by atoms with Crippen LogP contribution in [0.15, 0.2) is 48.5 Å². The average Bonchev–Trinajstić information content (AvgIpc) is 2.51. The van der Waals surface area contributed by atoms with Crippen LogP contribution in [0.3, 0.4) is 0 Å². The molecule has 1 unspecified atom stereocenters. The molecule has 2 rings (SSSR count). The molecule has 0 aliphatic heterocycles. The first-order valence-corrected chi connectivity index (χ1v) is 6.93. The van der Waals surface area contributed by atoms with Crippen molar-refractivity contribution in [3.63, 3.8) is 0 Å². The van der Waals surface area contributed by atoms with E-state index in [-0.39, 0.29) is 17.9 Å². The maximum Gasteiger partial charge on any atom is 0.329 e. The van der Waals surface area contributed by atoms with Crippen LogP contribution in [0.25, 0.3) is 0 Å². The molecule has 0 aliphatic rings. The van der Waals surface area contributed by atoms with Crippen molar-refractivity contribution < 1.29 is 24.9 Å². The number of carbonyl (C=O) groups excluding carboxylic acids is 1. The fraction of sp³-hybridized carbons (Fsp3) is 0.176. The fourth-order valence-electron chi connectivity index (χ4n) is 2.17. The number of phenols is 2. The van der Waals surface area contributed by atoms with Gasteiger partial charge in [-0.05, 0) is 36.8 Å². The predicted octanol–water partition coefficient (Wildman–Crippen LogP) is 1.91. The zero-order valence-corrected chi connectivity index (χ0v) is 12.5. The van der Waals surface area contributed by atoms with Gasteiger partial charge in [-0.1, -0.05) is 24.3 Å². The van der Waals surface area contributed by atoms with Crippen molar-refractivity contribution in [2.24, 2.45) is 0 Å². The summed E-state index contributed by atoms with van der Waals surface area (Å²) in [5.74, 6) is -2.34. The van der Waals surface area contributed by atoms with E-state index in [0.717, 1.165) is 0 Å². The van der Waals surface area contributed by atoms with E-state index < -0.39 is 17.4 Å². The molecule has 0 heterocycles. The molecule has 23 heavy (non-hydrogen) atoms. The van der Waals surface area contributed by atoms with E-state index in [1.54, 1.807) is 30.3 Å². The molecular formula is C17H17NO5. The SMILES string of the molecule is CC(Cc1ccc(O)c(O)c1)(NC(=O)c1ccccc1)C(=O)O. The Kier molecular flexibility index (Phi) is 4.55. The summed E-state index contributed by atoms with van der Waals surface area (Å²) in [5.41, 5.74) is -0.733. The lowest BCUT2D eigenvalue weighted by atomic mass is 9.92. The topological polar surface area (TPSA) is 107 Å². The van der Waals surface area contributed by atoms with Gasteiger partial charge in [0.2, 0.25) is 0 Å². The second-order valence-corrected chi connectivity index (χ2v) is 5.46. The first kappa shape index (κ1) is 16.4. The Morgan fingerprint density at radius 1 is 1.04 bits per heavy atom. The molecule has 1 amide bonds. The van der Waals surface area contributed by atoms with Gasteiger partial charge in [0.05, 0.1) is 0 Å². The Hall–Kier alpha value is -3.02. The molecule has 0 fully saturated rings. The van der Waals surface area contributed by atoms with Crippen LogP contribution in [-0.2, 0) is 11.2 Å². The summed E-state index contributed by atoms with van der Waals surface area (Å²) >= 11 is 0. The van der Waals surface area contributed by atoms with E-state index in [1.807, 2.05) is 0 Å². The van der Waals surface area contributed by atoms with E-state index in [0.29, 0.717) is 11.1 Å². The number of carboxylic acid groups (broad SMARTS) is 1. The van der Waals surface area contributed by atoms with Gasteiger partial charge < -0.3 is 20.6 Å². The largest absolute Gasteiger partial charge is 0.504 e. The predicted molar refractivity (Wildman–Crippen MR) is 83.4 cm³/mol. The van der Waals surface area contributed by atoms with Crippen molar-refractivity contribution in [1.29, 1.82) is 0 Å². The lowest BCUT2D eigenvalue weighted by Crippen LogP contribution is -2.53. The lowest BCUT2D eigenvalue weighted by molar-refractivity contribution is -0.143. The first-order chi connectivity index (χ1) is 10.8.